The van der Waals surface area contributed by atoms with E-state index in [4.69, 9.17) is 0 Å². The molecule has 8 heteroatoms. The minimum Gasteiger partial charge on any atom is -0.353 e. The zero-order valence-corrected chi connectivity index (χ0v) is 15.1. The lowest BCUT2D eigenvalue weighted by molar-refractivity contribution is -0.119. The quantitative estimate of drug-likeness (QED) is 0.754. The van der Waals surface area contributed by atoms with Gasteiger partial charge in [0, 0.05) is 25.3 Å². The van der Waals surface area contributed by atoms with E-state index in [2.05, 4.69) is 10.3 Å². The number of thioether (sulfide) groups is 1. The fourth-order valence-electron chi connectivity index (χ4n) is 2.24. The summed E-state index contributed by atoms with van der Waals surface area (Å²) >= 11 is 1.30. The monoisotopic (exact) mass is 357 g/mol. The molecule has 1 atom stereocenters. The molecule has 0 aliphatic carbocycles. The molecule has 0 radical (unpaired) electrons. The average Bonchev–Trinajstić information content (AvgIpc) is 3.08. The lowest BCUT2D eigenvalue weighted by Crippen LogP contribution is -2.33. The van der Waals surface area contributed by atoms with Crippen LogP contribution in [-0.2, 0) is 14.8 Å². The molecule has 1 fully saturated rings. The minimum absolute atomic E-state index is 0.0417. The summed E-state index contributed by atoms with van der Waals surface area (Å²) in [5.74, 6) is 0.232. The van der Waals surface area contributed by atoms with Gasteiger partial charge in [0.05, 0.1) is 10.8 Å². The first-order valence-corrected chi connectivity index (χ1v) is 10.2. The summed E-state index contributed by atoms with van der Waals surface area (Å²) in [4.78, 5) is 16.1. The van der Waals surface area contributed by atoms with Crippen LogP contribution in [-0.4, -0.2) is 48.5 Å². The van der Waals surface area contributed by atoms with Gasteiger partial charge < -0.3 is 5.32 Å². The number of aromatic nitrogens is 1. The molecule has 1 aromatic heterocycles. The average molecular weight is 358 g/mol. The molecular weight excluding hydrogens is 334 g/mol. The van der Waals surface area contributed by atoms with Crippen molar-refractivity contribution in [3.05, 3.63) is 18.3 Å². The van der Waals surface area contributed by atoms with Crippen molar-refractivity contribution in [1.29, 1.82) is 0 Å². The fraction of sp³-hybridized carbons (Fsp3) is 0.600. The van der Waals surface area contributed by atoms with Crippen LogP contribution in [0.3, 0.4) is 0 Å². The molecule has 0 aromatic carbocycles. The molecule has 0 spiro atoms. The van der Waals surface area contributed by atoms with Crippen LogP contribution in [0, 0.1) is 0 Å². The molecule has 0 unspecified atom stereocenters. The van der Waals surface area contributed by atoms with E-state index in [-0.39, 0.29) is 22.6 Å². The van der Waals surface area contributed by atoms with E-state index in [0.29, 0.717) is 18.1 Å². The first kappa shape index (κ1) is 18.2. The van der Waals surface area contributed by atoms with Gasteiger partial charge in [0.2, 0.25) is 15.9 Å². The molecule has 1 aromatic rings. The largest absolute Gasteiger partial charge is 0.353 e. The van der Waals surface area contributed by atoms with E-state index < -0.39 is 10.0 Å². The molecule has 1 aliphatic rings. The van der Waals surface area contributed by atoms with Crippen LogP contribution in [0.2, 0.25) is 0 Å². The summed E-state index contributed by atoms with van der Waals surface area (Å²) < 4.78 is 26.3. The molecule has 23 heavy (non-hydrogen) atoms. The molecule has 128 valence electrons. The number of amides is 1. The molecular formula is C15H23N3O3S2. The number of carbonyl (C=O) groups is 1. The summed E-state index contributed by atoms with van der Waals surface area (Å²) in [6.07, 6.45) is 4.08. The van der Waals surface area contributed by atoms with Crippen LogP contribution in [0.5, 0.6) is 0 Å². The third-order valence-corrected chi connectivity index (χ3v) is 6.61. The molecule has 0 bridgehead atoms. The fourth-order valence-corrected chi connectivity index (χ4v) is 4.36. The molecule has 0 saturated carbocycles. The maximum atomic E-state index is 12.4. The Morgan fingerprint density at radius 3 is 2.65 bits per heavy atom. The number of nitrogens with zero attached hydrogens (tertiary/aromatic N) is 2. The molecule has 1 amide bonds. The third kappa shape index (κ3) is 4.92. The van der Waals surface area contributed by atoms with Crippen molar-refractivity contribution in [2.45, 2.75) is 49.1 Å². The summed E-state index contributed by atoms with van der Waals surface area (Å²) in [5, 5.41) is 3.53. The van der Waals surface area contributed by atoms with E-state index >= 15 is 0 Å². The van der Waals surface area contributed by atoms with Crippen molar-refractivity contribution < 1.29 is 13.2 Å². The van der Waals surface area contributed by atoms with Crippen molar-refractivity contribution in [1.82, 2.24) is 14.6 Å². The van der Waals surface area contributed by atoms with Gasteiger partial charge in [-0.25, -0.2) is 13.4 Å². The van der Waals surface area contributed by atoms with Gasteiger partial charge in [0.1, 0.15) is 4.90 Å². The van der Waals surface area contributed by atoms with Crippen LogP contribution in [0.4, 0.5) is 0 Å². The molecule has 1 aliphatic heterocycles. The van der Waals surface area contributed by atoms with Crippen LogP contribution in [0.1, 0.15) is 33.1 Å². The summed E-state index contributed by atoms with van der Waals surface area (Å²) in [6.45, 7) is 5.13. The van der Waals surface area contributed by atoms with Gasteiger partial charge in [-0.1, -0.05) is 18.7 Å². The van der Waals surface area contributed by atoms with E-state index in [1.165, 1.54) is 22.3 Å². The predicted molar refractivity (Wildman–Crippen MR) is 90.8 cm³/mol. The van der Waals surface area contributed by atoms with Crippen molar-refractivity contribution in [2.75, 3.05) is 18.8 Å². The Hall–Kier alpha value is -1.12. The highest BCUT2D eigenvalue weighted by molar-refractivity contribution is 7.99. The number of carbonyl (C=O) groups excluding carboxylic acids is 1. The highest BCUT2D eigenvalue weighted by Gasteiger charge is 2.27. The first-order chi connectivity index (χ1) is 10.9. The standard InChI is InChI=1S/C15H23N3O3S2/c1-3-12(2)17-14(19)11-22-15-7-6-13(10-16-15)23(20,21)18-8-4-5-9-18/h6-7,10,12H,3-5,8-9,11H2,1-2H3,(H,17,19)/t12-/m0/s1. The summed E-state index contributed by atoms with van der Waals surface area (Å²) in [7, 11) is -3.42. The molecule has 1 N–H and O–H groups in total. The minimum atomic E-state index is -3.42. The second-order valence-corrected chi connectivity index (χ2v) is 8.54. The summed E-state index contributed by atoms with van der Waals surface area (Å²) in [5.41, 5.74) is 0. The smallest absolute Gasteiger partial charge is 0.244 e. The number of rotatable bonds is 7. The van der Waals surface area contributed by atoms with Crippen LogP contribution < -0.4 is 5.32 Å². The second-order valence-electron chi connectivity index (χ2n) is 5.61. The Morgan fingerprint density at radius 2 is 2.09 bits per heavy atom. The van der Waals surface area contributed by atoms with Gasteiger partial charge in [0.25, 0.3) is 0 Å². The van der Waals surface area contributed by atoms with E-state index in [1.54, 1.807) is 12.1 Å². The number of pyridine rings is 1. The number of hydrogen-bond acceptors (Lipinski definition) is 5. The first-order valence-electron chi connectivity index (χ1n) is 7.82. The Labute approximate surface area is 142 Å². The maximum Gasteiger partial charge on any atom is 0.244 e. The van der Waals surface area contributed by atoms with E-state index in [9.17, 15) is 13.2 Å². The molecule has 2 rings (SSSR count). The Morgan fingerprint density at radius 1 is 1.39 bits per heavy atom. The zero-order valence-electron chi connectivity index (χ0n) is 13.5. The van der Waals surface area contributed by atoms with Crippen molar-refractivity contribution in [3.8, 4) is 0 Å². The van der Waals surface area contributed by atoms with E-state index in [0.717, 1.165) is 19.3 Å². The lowest BCUT2D eigenvalue weighted by atomic mass is 10.3. The zero-order chi connectivity index (χ0) is 16.9. The third-order valence-electron chi connectivity index (χ3n) is 3.78. The highest BCUT2D eigenvalue weighted by Crippen LogP contribution is 2.22. The normalized spacial score (nSPS) is 17.1. The lowest BCUT2D eigenvalue weighted by Gasteiger charge is -2.15. The topological polar surface area (TPSA) is 79.4 Å². The van der Waals surface area contributed by atoms with Crippen LogP contribution in [0.15, 0.2) is 28.3 Å². The second kappa shape index (κ2) is 8.12. The van der Waals surface area contributed by atoms with Gasteiger partial charge in [-0.15, -0.1) is 0 Å². The van der Waals surface area contributed by atoms with Gasteiger partial charge in [0.15, 0.2) is 0 Å². The van der Waals surface area contributed by atoms with E-state index in [1.807, 2.05) is 13.8 Å². The highest BCUT2D eigenvalue weighted by atomic mass is 32.2. The SMILES string of the molecule is CC[C@H](C)NC(=O)CSc1ccc(S(=O)(=O)N2CCCC2)cn1. The van der Waals surface area contributed by atoms with Crippen molar-refractivity contribution >= 4 is 27.7 Å². The molecule has 1 saturated heterocycles. The number of nitrogens with one attached hydrogen (secondary N) is 1. The number of hydrogen-bond donors (Lipinski definition) is 1. The molecule has 2 heterocycles. The Balaban J connectivity index is 1.93. The van der Waals surface area contributed by atoms with Gasteiger partial charge in [-0.05, 0) is 38.3 Å². The van der Waals surface area contributed by atoms with Gasteiger partial charge >= 0.3 is 0 Å². The van der Waals surface area contributed by atoms with Crippen LogP contribution >= 0.6 is 11.8 Å². The Kier molecular flexibility index (Phi) is 6.43. The van der Waals surface area contributed by atoms with Crippen molar-refractivity contribution in [3.63, 3.8) is 0 Å². The Bertz CT molecular complexity index is 626. The van der Waals surface area contributed by atoms with Crippen molar-refractivity contribution in [2.24, 2.45) is 0 Å². The number of sulfonamides is 1. The van der Waals surface area contributed by atoms with Gasteiger partial charge in [-0.2, -0.15) is 4.31 Å². The summed E-state index contributed by atoms with van der Waals surface area (Å²) in [6, 6.07) is 3.38. The molecule has 6 nitrogen and oxygen atoms in total. The maximum absolute atomic E-state index is 12.4. The predicted octanol–water partition coefficient (Wildman–Crippen LogP) is 1.87. The van der Waals surface area contributed by atoms with Crippen LogP contribution in [0.25, 0.3) is 0 Å². The van der Waals surface area contributed by atoms with Gasteiger partial charge in [-0.3, -0.25) is 4.79 Å².